The van der Waals surface area contributed by atoms with Crippen molar-refractivity contribution in [2.75, 3.05) is 5.73 Å². The highest BCUT2D eigenvalue weighted by molar-refractivity contribution is 5.68. The lowest BCUT2D eigenvalue weighted by Gasteiger charge is -2.15. The number of anilines is 1. The molecule has 0 fully saturated rings. The van der Waals surface area contributed by atoms with Crippen LogP contribution in [0, 0.1) is 0 Å². The molecule has 0 saturated carbocycles. The highest BCUT2D eigenvalue weighted by Gasteiger charge is 2.10. The molecule has 94 valence electrons. The fourth-order valence-electron chi connectivity index (χ4n) is 2.17. The molecular formula is C16H20N2. The highest BCUT2D eigenvalue weighted by atomic mass is 14.7. The minimum absolute atomic E-state index is 0.0265. The van der Waals surface area contributed by atoms with Gasteiger partial charge in [0.05, 0.1) is 0 Å². The quantitative estimate of drug-likeness (QED) is 0.800. The minimum atomic E-state index is 0.0265. The fraction of sp³-hybridized carbons (Fsp3) is 0.250. The Bertz CT molecular complexity index is 506. The van der Waals surface area contributed by atoms with Crippen LogP contribution < -0.4 is 11.5 Å². The predicted octanol–water partition coefficient (Wildman–Crippen LogP) is 3.74. The zero-order valence-electron chi connectivity index (χ0n) is 10.8. The lowest BCUT2D eigenvalue weighted by Crippen LogP contribution is -2.12. The van der Waals surface area contributed by atoms with Crippen LogP contribution in [0.4, 0.5) is 5.69 Å². The van der Waals surface area contributed by atoms with E-state index in [1.807, 2.05) is 30.3 Å². The second-order valence-electron chi connectivity index (χ2n) is 4.60. The first-order valence-corrected chi connectivity index (χ1v) is 6.42. The van der Waals surface area contributed by atoms with Gasteiger partial charge < -0.3 is 11.5 Å². The summed E-state index contributed by atoms with van der Waals surface area (Å²) in [5, 5.41) is 0. The van der Waals surface area contributed by atoms with Crippen LogP contribution in [0.15, 0.2) is 48.5 Å². The minimum Gasteiger partial charge on any atom is -0.398 e. The Morgan fingerprint density at radius 3 is 2.39 bits per heavy atom. The van der Waals surface area contributed by atoms with Crippen molar-refractivity contribution >= 4 is 5.69 Å². The van der Waals surface area contributed by atoms with Crippen LogP contribution in [0.1, 0.15) is 31.4 Å². The molecule has 0 radical (unpaired) electrons. The van der Waals surface area contributed by atoms with E-state index in [9.17, 15) is 0 Å². The number of hydrogen-bond acceptors (Lipinski definition) is 2. The van der Waals surface area contributed by atoms with Crippen LogP contribution in [-0.2, 0) is 0 Å². The van der Waals surface area contributed by atoms with Crippen molar-refractivity contribution in [2.24, 2.45) is 5.73 Å². The van der Waals surface area contributed by atoms with Crippen molar-refractivity contribution in [1.29, 1.82) is 0 Å². The van der Waals surface area contributed by atoms with Crippen LogP contribution in [0.25, 0.3) is 11.1 Å². The summed E-state index contributed by atoms with van der Waals surface area (Å²) < 4.78 is 0. The van der Waals surface area contributed by atoms with Crippen LogP contribution >= 0.6 is 0 Å². The molecular weight excluding hydrogens is 220 g/mol. The maximum atomic E-state index is 6.17. The van der Waals surface area contributed by atoms with E-state index in [1.54, 1.807) is 0 Å². The molecule has 18 heavy (non-hydrogen) atoms. The summed E-state index contributed by atoms with van der Waals surface area (Å²) in [5.74, 6) is 0. The van der Waals surface area contributed by atoms with E-state index in [2.05, 4.69) is 25.1 Å². The van der Waals surface area contributed by atoms with Gasteiger partial charge in [0.25, 0.3) is 0 Å². The first kappa shape index (κ1) is 12.7. The van der Waals surface area contributed by atoms with Crippen molar-refractivity contribution in [1.82, 2.24) is 0 Å². The molecule has 2 rings (SSSR count). The molecule has 2 aromatic carbocycles. The second kappa shape index (κ2) is 5.69. The van der Waals surface area contributed by atoms with Gasteiger partial charge in [-0.3, -0.25) is 0 Å². The van der Waals surface area contributed by atoms with Crippen molar-refractivity contribution in [2.45, 2.75) is 25.8 Å². The average molecular weight is 240 g/mol. The van der Waals surface area contributed by atoms with Gasteiger partial charge in [-0.2, -0.15) is 0 Å². The van der Waals surface area contributed by atoms with E-state index in [4.69, 9.17) is 11.5 Å². The molecule has 1 unspecified atom stereocenters. The van der Waals surface area contributed by atoms with E-state index < -0.39 is 0 Å². The Morgan fingerprint density at radius 1 is 1.00 bits per heavy atom. The van der Waals surface area contributed by atoms with Crippen LogP contribution in [0.3, 0.4) is 0 Å². The van der Waals surface area contributed by atoms with E-state index in [-0.39, 0.29) is 6.04 Å². The van der Waals surface area contributed by atoms with Crippen molar-refractivity contribution < 1.29 is 0 Å². The third-order valence-electron chi connectivity index (χ3n) is 3.19. The van der Waals surface area contributed by atoms with Crippen LogP contribution in [0.2, 0.25) is 0 Å². The summed E-state index contributed by atoms with van der Waals surface area (Å²) in [5.41, 5.74) is 16.4. The van der Waals surface area contributed by atoms with Crippen LogP contribution in [-0.4, -0.2) is 0 Å². The number of hydrogen-bond donors (Lipinski definition) is 2. The molecule has 2 heteroatoms. The van der Waals surface area contributed by atoms with Gasteiger partial charge in [0.2, 0.25) is 0 Å². The molecule has 0 aliphatic heterocycles. The Labute approximate surface area is 109 Å². The van der Waals surface area contributed by atoms with Gasteiger partial charge in [-0.15, -0.1) is 0 Å². The van der Waals surface area contributed by atoms with E-state index >= 15 is 0 Å². The molecule has 0 aliphatic carbocycles. The van der Waals surface area contributed by atoms with Gasteiger partial charge in [0, 0.05) is 11.7 Å². The Kier molecular flexibility index (Phi) is 4.00. The third kappa shape index (κ3) is 2.71. The van der Waals surface area contributed by atoms with Gasteiger partial charge in [0.1, 0.15) is 0 Å². The van der Waals surface area contributed by atoms with Crippen molar-refractivity contribution in [3.8, 4) is 11.1 Å². The summed E-state index contributed by atoms with van der Waals surface area (Å²) in [6.45, 7) is 2.14. The maximum Gasteiger partial charge on any atom is 0.0362 e. The summed E-state index contributed by atoms with van der Waals surface area (Å²) >= 11 is 0. The zero-order chi connectivity index (χ0) is 13.0. The molecule has 0 spiro atoms. The summed E-state index contributed by atoms with van der Waals surface area (Å²) in [7, 11) is 0. The normalized spacial score (nSPS) is 12.3. The van der Waals surface area contributed by atoms with Crippen molar-refractivity contribution in [3.05, 3.63) is 54.1 Å². The van der Waals surface area contributed by atoms with Gasteiger partial charge in [-0.1, -0.05) is 49.7 Å². The monoisotopic (exact) mass is 240 g/mol. The average Bonchev–Trinajstić information content (AvgIpc) is 2.40. The Morgan fingerprint density at radius 2 is 1.72 bits per heavy atom. The van der Waals surface area contributed by atoms with E-state index in [1.165, 1.54) is 11.1 Å². The van der Waals surface area contributed by atoms with E-state index in [0.29, 0.717) is 0 Å². The van der Waals surface area contributed by atoms with Gasteiger partial charge in [-0.25, -0.2) is 0 Å². The number of nitrogen functional groups attached to an aromatic ring is 1. The molecule has 0 heterocycles. The van der Waals surface area contributed by atoms with Crippen molar-refractivity contribution in [3.63, 3.8) is 0 Å². The number of nitrogens with two attached hydrogens (primary N) is 2. The van der Waals surface area contributed by atoms with E-state index in [0.717, 1.165) is 24.1 Å². The number of benzene rings is 2. The molecule has 0 bridgehead atoms. The predicted molar refractivity (Wildman–Crippen MR) is 78.1 cm³/mol. The molecule has 4 N–H and O–H groups in total. The third-order valence-corrected chi connectivity index (χ3v) is 3.19. The molecule has 0 aliphatic rings. The topological polar surface area (TPSA) is 52.0 Å². The fourth-order valence-corrected chi connectivity index (χ4v) is 2.17. The standard InChI is InChI=1S/C16H20N2/c1-2-6-15(17)14-11-13(9-10-16(14)18)12-7-4-3-5-8-12/h3-5,7-11,15H,2,6,17-18H2,1H3. The number of rotatable bonds is 4. The van der Waals surface area contributed by atoms with Gasteiger partial charge in [0.15, 0.2) is 0 Å². The van der Waals surface area contributed by atoms with Crippen LogP contribution in [0.5, 0.6) is 0 Å². The molecule has 0 amide bonds. The first-order chi connectivity index (χ1) is 8.72. The lowest BCUT2D eigenvalue weighted by atomic mass is 9.96. The SMILES string of the molecule is CCCC(N)c1cc(-c2ccccc2)ccc1N. The lowest BCUT2D eigenvalue weighted by molar-refractivity contribution is 0.640. The molecule has 2 nitrogen and oxygen atoms in total. The zero-order valence-corrected chi connectivity index (χ0v) is 10.8. The maximum absolute atomic E-state index is 6.17. The summed E-state index contributed by atoms with van der Waals surface area (Å²) in [6.07, 6.45) is 2.03. The summed E-state index contributed by atoms with van der Waals surface area (Å²) in [4.78, 5) is 0. The Balaban J connectivity index is 2.38. The highest BCUT2D eigenvalue weighted by Crippen LogP contribution is 2.28. The van der Waals surface area contributed by atoms with Gasteiger partial charge in [-0.05, 0) is 35.2 Å². The second-order valence-corrected chi connectivity index (χ2v) is 4.60. The molecule has 0 saturated heterocycles. The largest absolute Gasteiger partial charge is 0.398 e. The van der Waals surface area contributed by atoms with Gasteiger partial charge >= 0.3 is 0 Å². The first-order valence-electron chi connectivity index (χ1n) is 6.42. The molecule has 2 aromatic rings. The molecule has 0 aromatic heterocycles. The smallest absolute Gasteiger partial charge is 0.0362 e. The Hall–Kier alpha value is -1.80. The summed E-state index contributed by atoms with van der Waals surface area (Å²) in [6, 6.07) is 16.4. The molecule has 1 atom stereocenters.